The van der Waals surface area contributed by atoms with Crippen LogP contribution in [0.2, 0.25) is 0 Å². The van der Waals surface area contributed by atoms with Crippen LogP contribution in [0, 0.1) is 0 Å². The molecule has 0 aromatic heterocycles. The van der Waals surface area contributed by atoms with Gasteiger partial charge in [0.15, 0.2) is 0 Å². The lowest BCUT2D eigenvalue weighted by atomic mass is 9.80. The lowest BCUT2D eigenvalue weighted by molar-refractivity contribution is 0.0119. The third kappa shape index (κ3) is 5.44. The summed E-state index contributed by atoms with van der Waals surface area (Å²) in [6.45, 7) is 0.907. The molecular formula is C27H30O2. The predicted octanol–water partition coefficient (Wildman–Crippen LogP) is 6.10. The quantitative estimate of drug-likeness (QED) is 0.245. The lowest BCUT2D eigenvalue weighted by Gasteiger charge is -2.36. The Balaban J connectivity index is 1.88. The Morgan fingerprint density at radius 1 is 0.621 bits per heavy atom. The number of aliphatic hydroxyl groups is 1. The van der Waals surface area contributed by atoms with Gasteiger partial charge >= 0.3 is 0 Å². The highest BCUT2D eigenvalue weighted by atomic mass is 16.5. The summed E-state index contributed by atoms with van der Waals surface area (Å²) in [4.78, 5) is 0. The van der Waals surface area contributed by atoms with E-state index in [9.17, 15) is 0 Å². The minimum absolute atomic E-state index is 0.251. The number of benzene rings is 3. The van der Waals surface area contributed by atoms with Crippen LogP contribution in [0.5, 0.6) is 0 Å². The van der Waals surface area contributed by atoms with Gasteiger partial charge in [0, 0.05) is 13.2 Å². The number of unbranched alkanes of at least 4 members (excludes halogenated alkanes) is 2. The van der Waals surface area contributed by atoms with Crippen LogP contribution in [-0.4, -0.2) is 18.3 Å². The van der Waals surface area contributed by atoms with Gasteiger partial charge in [0.25, 0.3) is 0 Å². The number of hydrogen-bond donors (Lipinski definition) is 1. The van der Waals surface area contributed by atoms with E-state index in [2.05, 4.69) is 84.9 Å². The molecule has 0 spiro atoms. The first-order chi connectivity index (χ1) is 14.4. The number of allylic oxidation sites excluding steroid dienone is 2. The van der Waals surface area contributed by atoms with Gasteiger partial charge in [0.1, 0.15) is 5.60 Å². The summed E-state index contributed by atoms with van der Waals surface area (Å²) in [7, 11) is 0. The third-order valence-electron chi connectivity index (χ3n) is 5.07. The fraction of sp³-hybridized carbons (Fsp3) is 0.259. The number of ether oxygens (including phenoxy) is 1. The number of hydrogen-bond acceptors (Lipinski definition) is 2. The average molecular weight is 387 g/mol. The molecular weight excluding hydrogens is 356 g/mol. The van der Waals surface area contributed by atoms with Crippen molar-refractivity contribution in [3.8, 4) is 0 Å². The van der Waals surface area contributed by atoms with Crippen LogP contribution >= 0.6 is 0 Å². The van der Waals surface area contributed by atoms with Gasteiger partial charge in [-0.25, -0.2) is 0 Å². The van der Waals surface area contributed by atoms with Gasteiger partial charge in [0.2, 0.25) is 0 Å². The zero-order valence-corrected chi connectivity index (χ0v) is 16.9. The van der Waals surface area contributed by atoms with E-state index < -0.39 is 5.60 Å². The fourth-order valence-electron chi connectivity index (χ4n) is 3.64. The summed E-state index contributed by atoms with van der Waals surface area (Å²) in [5, 5.41) is 8.87. The Labute approximate surface area is 174 Å². The van der Waals surface area contributed by atoms with Crippen LogP contribution in [-0.2, 0) is 10.3 Å². The zero-order valence-electron chi connectivity index (χ0n) is 16.9. The van der Waals surface area contributed by atoms with Crippen molar-refractivity contribution >= 4 is 0 Å². The maximum Gasteiger partial charge on any atom is 0.143 e. The van der Waals surface area contributed by atoms with E-state index in [0.29, 0.717) is 6.61 Å². The van der Waals surface area contributed by atoms with Crippen molar-refractivity contribution < 1.29 is 9.84 Å². The summed E-state index contributed by atoms with van der Waals surface area (Å²) in [5.74, 6) is 0. The molecule has 0 unspecified atom stereocenters. The minimum Gasteiger partial charge on any atom is -0.396 e. The fourth-order valence-corrected chi connectivity index (χ4v) is 3.64. The summed E-state index contributed by atoms with van der Waals surface area (Å²) in [6, 6.07) is 31.5. The van der Waals surface area contributed by atoms with E-state index in [1.807, 2.05) is 18.2 Å². The second-order valence-electron chi connectivity index (χ2n) is 7.11. The predicted molar refractivity (Wildman–Crippen MR) is 120 cm³/mol. The van der Waals surface area contributed by atoms with Crippen LogP contribution in [0.1, 0.15) is 42.4 Å². The van der Waals surface area contributed by atoms with E-state index >= 15 is 0 Å². The van der Waals surface area contributed by atoms with Crippen molar-refractivity contribution in [1.82, 2.24) is 0 Å². The number of aliphatic hydroxyl groups excluding tert-OH is 1. The molecule has 2 heteroatoms. The van der Waals surface area contributed by atoms with E-state index in [1.54, 1.807) is 0 Å². The van der Waals surface area contributed by atoms with Crippen molar-refractivity contribution in [3.63, 3.8) is 0 Å². The first kappa shape index (κ1) is 21.0. The molecule has 0 saturated heterocycles. The van der Waals surface area contributed by atoms with E-state index in [-0.39, 0.29) is 6.61 Å². The second kappa shape index (κ2) is 11.4. The van der Waals surface area contributed by atoms with Crippen molar-refractivity contribution in [2.45, 2.75) is 31.3 Å². The zero-order chi connectivity index (χ0) is 20.2. The molecule has 0 bridgehead atoms. The molecule has 150 valence electrons. The highest BCUT2D eigenvalue weighted by Crippen LogP contribution is 2.40. The van der Waals surface area contributed by atoms with Crippen molar-refractivity contribution in [2.75, 3.05) is 13.2 Å². The van der Waals surface area contributed by atoms with Crippen LogP contribution < -0.4 is 0 Å². The molecule has 2 nitrogen and oxygen atoms in total. The van der Waals surface area contributed by atoms with Crippen LogP contribution in [0.15, 0.2) is 103 Å². The maximum atomic E-state index is 8.87. The molecule has 0 aliphatic rings. The molecule has 3 aromatic carbocycles. The molecule has 0 fully saturated rings. The van der Waals surface area contributed by atoms with Gasteiger partial charge in [-0.15, -0.1) is 0 Å². The van der Waals surface area contributed by atoms with Gasteiger partial charge < -0.3 is 9.84 Å². The Morgan fingerprint density at radius 3 is 1.45 bits per heavy atom. The molecule has 0 amide bonds. The Kier molecular flexibility index (Phi) is 8.24. The average Bonchev–Trinajstić information content (AvgIpc) is 2.80. The molecule has 0 aliphatic carbocycles. The van der Waals surface area contributed by atoms with Gasteiger partial charge in [-0.1, -0.05) is 103 Å². The Morgan fingerprint density at radius 2 is 1.03 bits per heavy atom. The molecule has 3 aromatic rings. The van der Waals surface area contributed by atoms with Crippen LogP contribution in [0.3, 0.4) is 0 Å². The molecule has 0 aliphatic heterocycles. The second-order valence-corrected chi connectivity index (χ2v) is 7.11. The first-order valence-corrected chi connectivity index (χ1v) is 10.4. The van der Waals surface area contributed by atoms with Crippen LogP contribution in [0.4, 0.5) is 0 Å². The summed E-state index contributed by atoms with van der Waals surface area (Å²) < 4.78 is 6.74. The number of rotatable bonds is 11. The normalized spacial score (nSPS) is 11.8. The van der Waals surface area contributed by atoms with Gasteiger partial charge in [-0.2, -0.15) is 0 Å². The highest BCUT2D eigenvalue weighted by Gasteiger charge is 2.37. The smallest absolute Gasteiger partial charge is 0.143 e. The molecule has 0 radical (unpaired) electrons. The van der Waals surface area contributed by atoms with E-state index in [0.717, 1.165) is 42.4 Å². The molecule has 0 heterocycles. The van der Waals surface area contributed by atoms with Crippen molar-refractivity contribution in [1.29, 1.82) is 0 Å². The van der Waals surface area contributed by atoms with E-state index in [1.165, 1.54) is 0 Å². The standard InChI is InChI=1S/C27H30O2/c28-22-14-3-1-2-4-15-23-29-27(24-16-8-5-9-17-24,25-18-10-6-11-19-25)26-20-12-7-13-21-26/h1-2,5-13,16-21,28H,3-4,14-15,22-23H2/b2-1+. The molecule has 0 saturated carbocycles. The monoisotopic (exact) mass is 386 g/mol. The minimum atomic E-state index is -0.635. The Bertz CT molecular complexity index is 745. The SMILES string of the molecule is OCCC/C=C/CCCOC(c1ccccc1)(c1ccccc1)c1ccccc1. The van der Waals surface area contributed by atoms with Gasteiger partial charge in [0.05, 0.1) is 0 Å². The third-order valence-corrected chi connectivity index (χ3v) is 5.07. The van der Waals surface area contributed by atoms with Gasteiger partial charge in [-0.3, -0.25) is 0 Å². The van der Waals surface area contributed by atoms with Crippen LogP contribution in [0.25, 0.3) is 0 Å². The van der Waals surface area contributed by atoms with Gasteiger partial charge in [-0.05, 0) is 42.4 Å². The van der Waals surface area contributed by atoms with Crippen molar-refractivity contribution in [3.05, 3.63) is 120 Å². The molecule has 1 N–H and O–H groups in total. The summed E-state index contributed by atoms with van der Waals surface area (Å²) >= 11 is 0. The topological polar surface area (TPSA) is 29.5 Å². The molecule has 3 rings (SSSR count). The summed E-state index contributed by atoms with van der Waals surface area (Å²) in [5.41, 5.74) is 2.77. The first-order valence-electron chi connectivity index (χ1n) is 10.4. The maximum absolute atomic E-state index is 8.87. The highest BCUT2D eigenvalue weighted by molar-refractivity contribution is 5.47. The Hall–Kier alpha value is -2.68. The molecule has 29 heavy (non-hydrogen) atoms. The van der Waals surface area contributed by atoms with E-state index in [4.69, 9.17) is 9.84 Å². The summed E-state index contributed by atoms with van der Waals surface area (Å²) in [6.07, 6.45) is 8.01. The molecule has 0 atom stereocenters. The largest absolute Gasteiger partial charge is 0.396 e. The lowest BCUT2D eigenvalue weighted by Crippen LogP contribution is -2.33. The van der Waals surface area contributed by atoms with Crippen molar-refractivity contribution in [2.24, 2.45) is 0 Å².